The second-order valence-electron chi connectivity index (χ2n) is 6.50. The third kappa shape index (κ3) is 5.56. The van der Waals surface area contributed by atoms with Gasteiger partial charge in [0, 0.05) is 36.4 Å². The number of hydrogen-bond donors (Lipinski definition) is 1. The summed E-state index contributed by atoms with van der Waals surface area (Å²) in [6, 6.07) is 10.4. The number of nitrogens with zero attached hydrogens (tertiary/aromatic N) is 2. The number of halogens is 1. The van der Waals surface area contributed by atoms with Crippen molar-refractivity contribution < 1.29 is 9.59 Å². The van der Waals surface area contributed by atoms with Crippen LogP contribution in [0.4, 0.5) is 0 Å². The van der Waals surface area contributed by atoms with Gasteiger partial charge in [0.05, 0.1) is 0 Å². The summed E-state index contributed by atoms with van der Waals surface area (Å²) in [5, 5.41) is 3.52. The number of nitrogens with one attached hydrogen (secondary N) is 1. The van der Waals surface area contributed by atoms with E-state index in [2.05, 4.69) is 10.3 Å². The lowest BCUT2D eigenvalue weighted by Gasteiger charge is -2.30. The molecule has 0 aliphatic rings. The summed E-state index contributed by atoms with van der Waals surface area (Å²) in [7, 11) is 0. The van der Waals surface area contributed by atoms with Gasteiger partial charge >= 0.3 is 0 Å². The molecule has 0 saturated carbocycles. The van der Waals surface area contributed by atoms with E-state index in [0.717, 1.165) is 11.1 Å². The molecular weight excluding hydrogens is 350 g/mol. The molecule has 1 aromatic heterocycles. The average molecular weight is 374 g/mol. The smallest absolute Gasteiger partial charge is 0.242 e. The van der Waals surface area contributed by atoms with Crippen molar-refractivity contribution >= 4 is 23.4 Å². The Morgan fingerprint density at radius 2 is 1.65 bits per heavy atom. The Bertz CT molecular complexity index is 732. The summed E-state index contributed by atoms with van der Waals surface area (Å²) >= 11 is 5.92. The maximum absolute atomic E-state index is 12.6. The van der Waals surface area contributed by atoms with Crippen LogP contribution in [0.3, 0.4) is 0 Å². The van der Waals surface area contributed by atoms with E-state index in [1.807, 2.05) is 38.1 Å². The standard InChI is InChI=1S/C20H24ClN3O2/c1-14(2)20(26)24(13-17-4-6-18(21)7-5-17)15(3)19(25)23-12-16-8-10-22-11-9-16/h4-11,14-15H,12-13H2,1-3H3,(H,23,25)/t15-/m0/s1. The van der Waals surface area contributed by atoms with Crippen molar-refractivity contribution in [3.05, 3.63) is 64.9 Å². The van der Waals surface area contributed by atoms with Crippen molar-refractivity contribution in [1.29, 1.82) is 0 Å². The van der Waals surface area contributed by atoms with Crippen LogP contribution in [-0.2, 0) is 22.7 Å². The SMILES string of the molecule is CC(C)C(=O)N(Cc1ccc(Cl)cc1)[C@@H](C)C(=O)NCc1ccncc1. The largest absolute Gasteiger partial charge is 0.350 e. The maximum Gasteiger partial charge on any atom is 0.242 e. The first-order valence-electron chi connectivity index (χ1n) is 8.60. The Morgan fingerprint density at radius 1 is 1.04 bits per heavy atom. The van der Waals surface area contributed by atoms with Gasteiger partial charge in [-0.25, -0.2) is 0 Å². The summed E-state index contributed by atoms with van der Waals surface area (Å²) in [4.78, 5) is 30.8. The number of benzene rings is 1. The summed E-state index contributed by atoms with van der Waals surface area (Å²) in [5.41, 5.74) is 1.89. The van der Waals surface area contributed by atoms with Crippen molar-refractivity contribution in [2.45, 2.75) is 39.9 Å². The molecule has 0 unspecified atom stereocenters. The van der Waals surface area contributed by atoms with Crippen LogP contribution in [0.1, 0.15) is 31.9 Å². The summed E-state index contributed by atoms with van der Waals surface area (Å²) < 4.78 is 0. The van der Waals surface area contributed by atoms with E-state index < -0.39 is 6.04 Å². The fourth-order valence-corrected chi connectivity index (χ4v) is 2.63. The predicted molar refractivity (Wildman–Crippen MR) is 102 cm³/mol. The molecule has 0 saturated heterocycles. The van der Waals surface area contributed by atoms with E-state index in [4.69, 9.17) is 11.6 Å². The monoisotopic (exact) mass is 373 g/mol. The molecule has 2 amide bonds. The highest BCUT2D eigenvalue weighted by Crippen LogP contribution is 2.16. The summed E-state index contributed by atoms with van der Waals surface area (Å²) in [5.74, 6) is -0.450. The Hall–Kier alpha value is -2.40. The van der Waals surface area contributed by atoms with Crippen LogP contribution in [0.25, 0.3) is 0 Å². The first-order valence-corrected chi connectivity index (χ1v) is 8.98. The molecule has 0 radical (unpaired) electrons. The van der Waals surface area contributed by atoms with Gasteiger partial charge in [0.15, 0.2) is 0 Å². The van der Waals surface area contributed by atoms with Crippen molar-refractivity contribution in [1.82, 2.24) is 15.2 Å². The summed E-state index contributed by atoms with van der Waals surface area (Å²) in [6.45, 7) is 6.17. The van der Waals surface area contributed by atoms with Crippen molar-refractivity contribution in [2.75, 3.05) is 0 Å². The van der Waals surface area contributed by atoms with Crippen LogP contribution in [0.15, 0.2) is 48.8 Å². The molecule has 0 bridgehead atoms. The quantitative estimate of drug-likeness (QED) is 0.808. The number of carbonyl (C=O) groups is 2. The molecule has 26 heavy (non-hydrogen) atoms. The van der Waals surface area contributed by atoms with E-state index in [1.165, 1.54) is 0 Å². The highest BCUT2D eigenvalue weighted by atomic mass is 35.5. The molecule has 0 aliphatic heterocycles. The van der Waals surface area contributed by atoms with Gasteiger partial charge in [0.2, 0.25) is 11.8 Å². The normalized spacial score (nSPS) is 11.9. The lowest BCUT2D eigenvalue weighted by Crippen LogP contribution is -2.48. The molecule has 1 atom stereocenters. The lowest BCUT2D eigenvalue weighted by molar-refractivity contribution is -0.143. The van der Waals surface area contributed by atoms with Gasteiger partial charge in [-0.1, -0.05) is 37.6 Å². The van der Waals surface area contributed by atoms with Gasteiger partial charge in [0.25, 0.3) is 0 Å². The van der Waals surface area contributed by atoms with Gasteiger partial charge in [-0.3, -0.25) is 14.6 Å². The molecule has 1 aromatic carbocycles. The van der Waals surface area contributed by atoms with Crippen LogP contribution in [0.2, 0.25) is 5.02 Å². The molecule has 0 aliphatic carbocycles. The molecular formula is C20H24ClN3O2. The zero-order chi connectivity index (χ0) is 19.1. The zero-order valence-electron chi connectivity index (χ0n) is 15.3. The van der Waals surface area contributed by atoms with Gasteiger partial charge in [-0.05, 0) is 42.3 Å². The molecule has 2 aromatic rings. The lowest BCUT2D eigenvalue weighted by atomic mass is 10.1. The Balaban J connectivity index is 2.08. The molecule has 138 valence electrons. The molecule has 1 heterocycles. The van der Waals surface area contributed by atoms with Crippen LogP contribution < -0.4 is 5.32 Å². The average Bonchev–Trinajstić information content (AvgIpc) is 2.65. The van der Waals surface area contributed by atoms with Crippen molar-refractivity contribution in [3.8, 4) is 0 Å². The van der Waals surface area contributed by atoms with Crippen LogP contribution in [0.5, 0.6) is 0 Å². The second kappa shape index (κ2) is 9.34. The van der Waals surface area contributed by atoms with E-state index in [9.17, 15) is 9.59 Å². The Morgan fingerprint density at radius 3 is 2.23 bits per heavy atom. The van der Waals surface area contributed by atoms with Crippen LogP contribution >= 0.6 is 11.6 Å². The molecule has 5 nitrogen and oxygen atoms in total. The minimum Gasteiger partial charge on any atom is -0.350 e. The highest BCUT2D eigenvalue weighted by Gasteiger charge is 2.27. The molecule has 1 N–H and O–H groups in total. The van der Waals surface area contributed by atoms with Gasteiger partial charge in [-0.2, -0.15) is 0 Å². The minimum atomic E-state index is -0.581. The number of amides is 2. The number of pyridine rings is 1. The fraction of sp³-hybridized carbons (Fsp3) is 0.350. The Kier molecular flexibility index (Phi) is 7.16. The molecule has 0 spiro atoms. The van der Waals surface area contributed by atoms with Crippen LogP contribution in [0, 0.1) is 5.92 Å². The van der Waals surface area contributed by atoms with E-state index in [0.29, 0.717) is 18.1 Å². The second-order valence-corrected chi connectivity index (χ2v) is 6.93. The van der Waals surface area contributed by atoms with E-state index >= 15 is 0 Å². The molecule has 2 rings (SSSR count). The first-order chi connectivity index (χ1) is 12.4. The first kappa shape index (κ1) is 19.9. The predicted octanol–water partition coefficient (Wildman–Crippen LogP) is 3.42. The Labute approximate surface area is 159 Å². The van der Waals surface area contributed by atoms with Crippen molar-refractivity contribution in [2.24, 2.45) is 5.92 Å². The third-order valence-electron chi connectivity index (χ3n) is 4.11. The van der Waals surface area contributed by atoms with E-state index in [-0.39, 0.29) is 17.7 Å². The van der Waals surface area contributed by atoms with Gasteiger partial charge in [0.1, 0.15) is 6.04 Å². The number of rotatable bonds is 7. The minimum absolute atomic E-state index is 0.0634. The number of aromatic nitrogens is 1. The number of carbonyl (C=O) groups excluding carboxylic acids is 2. The topological polar surface area (TPSA) is 62.3 Å². The van der Waals surface area contributed by atoms with Crippen molar-refractivity contribution in [3.63, 3.8) is 0 Å². The third-order valence-corrected chi connectivity index (χ3v) is 4.36. The maximum atomic E-state index is 12.6. The molecule has 6 heteroatoms. The van der Waals surface area contributed by atoms with Gasteiger partial charge in [-0.15, -0.1) is 0 Å². The zero-order valence-corrected chi connectivity index (χ0v) is 16.0. The molecule has 0 fully saturated rings. The van der Waals surface area contributed by atoms with E-state index in [1.54, 1.807) is 36.4 Å². The van der Waals surface area contributed by atoms with Crippen LogP contribution in [-0.4, -0.2) is 27.7 Å². The van der Waals surface area contributed by atoms with Gasteiger partial charge < -0.3 is 10.2 Å². The number of hydrogen-bond acceptors (Lipinski definition) is 3. The fourth-order valence-electron chi connectivity index (χ4n) is 2.50. The highest BCUT2D eigenvalue weighted by molar-refractivity contribution is 6.30. The summed E-state index contributed by atoms with van der Waals surface area (Å²) in [6.07, 6.45) is 3.36.